The molecule has 27 heavy (non-hydrogen) atoms. The van der Waals surface area contributed by atoms with E-state index in [0.717, 1.165) is 28.2 Å². The minimum atomic E-state index is -0.367. The van der Waals surface area contributed by atoms with Crippen molar-refractivity contribution in [2.24, 2.45) is 0 Å². The maximum absolute atomic E-state index is 12.5. The van der Waals surface area contributed by atoms with Crippen LogP contribution in [0.2, 0.25) is 0 Å². The summed E-state index contributed by atoms with van der Waals surface area (Å²) in [6, 6.07) is 11.4. The molecule has 3 rings (SSSR count). The molecule has 1 aliphatic rings. The van der Waals surface area contributed by atoms with Gasteiger partial charge in [-0.3, -0.25) is 4.79 Å². The quantitative estimate of drug-likeness (QED) is 0.862. The second-order valence-electron chi connectivity index (χ2n) is 7.70. The molecule has 0 spiro atoms. The summed E-state index contributed by atoms with van der Waals surface area (Å²) >= 11 is 0. The fraction of sp³-hybridized carbons (Fsp3) is 0.409. The lowest BCUT2D eigenvalue weighted by Gasteiger charge is -2.38. The third kappa shape index (κ3) is 4.73. The average Bonchev–Trinajstić information content (AvgIpc) is 2.58. The summed E-state index contributed by atoms with van der Waals surface area (Å²) in [5, 5.41) is 3.08. The van der Waals surface area contributed by atoms with Crippen molar-refractivity contribution in [3.05, 3.63) is 53.1 Å². The van der Waals surface area contributed by atoms with Crippen molar-refractivity contribution in [3.8, 4) is 17.2 Å². The minimum absolute atomic E-state index is 0.0278. The molecule has 2 aromatic carbocycles. The van der Waals surface area contributed by atoms with Crippen LogP contribution in [0.5, 0.6) is 17.2 Å². The Bertz CT molecular complexity index is 824. The molecule has 1 heterocycles. The van der Waals surface area contributed by atoms with Gasteiger partial charge in [0.2, 0.25) is 0 Å². The lowest BCUT2D eigenvalue weighted by molar-refractivity contribution is -0.124. The maximum atomic E-state index is 12.5. The predicted molar refractivity (Wildman–Crippen MR) is 105 cm³/mol. The van der Waals surface area contributed by atoms with Crippen LogP contribution in [0, 0.1) is 13.8 Å². The third-order valence-electron chi connectivity index (χ3n) is 4.57. The molecule has 1 unspecified atom stereocenters. The topological polar surface area (TPSA) is 56.8 Å². The van der Waals surface area contributed by atoms with Gasteiger partial charge < -0.3 is 19.5 Å². The van der Waals surface area contributed by atoms with E-state index < -0.39 is 0 Å². The van der Waals surface area contributed by atoms with Crippen molar-refractivity contribution in [1.82, 2.24) is 5.32 Å². The van der Waals surface area contributed by atoms with E-state index in [4.69, 9.17) is 14.2 Å². The molecule has 0 fully saturated rings. The molecule has 1 N–H and O–H groups in total. The first kappa shape index (κ1) is 19.1. The lowest BCUT2D eigenvalue weighted by Crippen LogP contribution is -2.42. The third-order valence-corrected chi connectivity index (χ3v) is 4.57. The Balaban J connectivity index is 1.71. The van der Waals surface area contributed by atoms with Crippen LogP contribution in [0.15, 0.2) is 36.4 Å². The first-order chi connectivity index (χ1) is 12.8. The molecular weight excluding hydrogens is 342 g/mol. The molecule has 2 aromatic rings. The SMILES string of the molecule is COc1ccc2c(c1)C(NC(=O)COc1cc(C)cc(C)c1)CC(C)(C)O2. The number of amides is 1. The Kier molecular flexibility index (Phi) is 5.31. The molecule has 0 radical (unpaired) electrons. The lowest BCUT2D eigenvalue weighted by atomic mass is 9.89. The number of carbonyl (C=O) groups is 1. The van der Waals surface area contributed by atoms with Crippen molar-refractivity contribution in [2.75, 3.05) is 13.7 Å². The molecule has 1 aliphatic heterocycles. The van der Waals surface area contributed by atoms with Gasteiger partial charge in [-0.1, -0.05) is 6.07 Å². The number of rotatable bonds is 5. The van der Waals surface area contributed by atoms with Crippen molar-refractivity contribution in [1.29, 1.82) is 0 Å². The number of benzene rings is 2. The van der Waals surface area contributed by atoms with E-state index in [1.807, 2.05) is 58.0 Å². The molecule has 1 amide bonds. The van der Waals surface area contributed by atoms with E-state index in [-0.39, 0.29) is 24.2 Å². The Morgan fingerprint density at radius 2 is 1.85 bits per heavy atom. The highest BCUT2D eigenvalue weighted by atomic mass is 16.5. The van der Waals surface area contributed by atoms with Crippen LogP contribution in [0.4, 0.5) is 0 Å². The van der Waals surface area contributed by atoms with Crippen molar-refractivity contribution in [3.63, 3.8) is 0 Å². The number of hydrogen-bond acceptors (Lipinski definition) is 4. The molecule has 0 saturated carbocycles. The number of nitrogens with one attached hydrogen (secondary N) is 1. The van der Waals surface area contributed by atoms with Crippen molar-refractivity contribution < 1.29 is 19.0 Å². The summed E-state index contributed by atoms with van der Waals surface area (Å²) in [5.41, 5.74) is 2.78. The van der Waals surface area contributed by atoms with Crippen LogP contribution in [0.3, 0.4) is 0 Å². The highest BCUT2D eigenvalue weighted by molar-refractivity contribution is 5.78. The van der Waals surface area contributed by atoms with E-state index in [1.54, 1.807) is 7.11 Å². The van der Waals surface area contributed by atoms with Crippen LogP contribution in [-0.4, -0.2) is 25.2 Å². The summed E-state index contributed by atoms with van der Waals surface area (Å²) in [6.07, 6.45) is 0.669. The number of methoxy groups -OCH3 is 1. The van der Waals surface area contributed by atoms with E-state index in [1.165, 1.54) is 0 Å². The predicted octanol–water partition coefficient (Wildman–Crippen LogP) is 4.11. The van der Waals surface area contributed by atoms with Gasteiger partial charge in [0.05, 0.1) is 13.2 Å². The van der Waals surface area contributed by atoms with Crippen LogP contribution >= 0.6 is 0 Å². The average molecular weight is 369 g/mol. The molecular formula is C22H27NO4. The van der Waals surface area contributed by atoms with E-state index in [2.05, 4.69) is 11.4 Å². The first-order valence-electron chi connectivity index (χ1n) is 9.13. The zero-order valence-electron chi connectivity index (χ0n) is 16.6. The van der Waals surface area contributed by atoms with Crippen LogP contribution in [-0.2, 0) is 4.79 Å². The Hall–Kier alpha value is -2.69. The highest BCUT2D eigenvalue weighted by Crippen LogP contribution is 2.41. The zero-order valence-corrected chi connectivity index (χ0v) is 16.6. The van der Waals surface area contributed by atoms with E-state index >= 15 is 0 Å². The van der Waals surface area contributed by atoms with Crippen LogP contribution in [0.1, 0.15) is 43.0 Å². The molecule has 5 heteroatoms. The number of ether oxygens (including phenoxy) is 3. The molecule has 1 atom stereocenters. The van der Waals surface area contributed by atoms with Gasteiger partial charge >= 0.3 is 0 Å². The molecule has 0 saturated heterocycles. The van der Waals surface area contributed by atoms with Gasteiger partial charge in [0, 0.05) is 12.0 Å². The molecule has 0 bridgehead atoms. The van der Waals surface area contributed by atoms with Gasteiger partial charge in [0.1, 0.15) is 22.8 Å². The molecule has 144 valence electrons. The summed E-state index contributed by atoms with van der Waals surface area (Å²) in [6.45, 7) is 8.03. The van der Waals surface area contributed by atoms with Crippen LogP contribution in [0.25, 0.3) is 0 Å². The van der Waals surface area contributed by atoms with E-state index in [0.29, 0.717) is 12.2 Å². The molecule has 0 aliphatic carbocycles. The Morgan fingerprint density at radius 3 is 2.52 bits per heavy atom. The van der Waals surface area contributed by atoms with Gasteiger partial charge in [-0.2, -0.15) is 0 Å². The smallest absolute Gasteiger partial charge is 0.258 e. The highest BCUT2D eigenvalue weighted by Gasteiger charge is 2.34. The molecule has 0 aromatic heterocycles. The maximum Gasteiger partial charge on any atom is 0.258 e. The number of fused-ring (bicyclic) bond motifs is 1. The number of carbonyl (C=O) groups excluding carboxylic acids is 1. The first-order valence-corrected chi connectivity index (χ1v) is 9.13. The monoisotopic (exact) mass is 369 g/mol. The van der Waals surface area contributed by atoms with Gasteiger partial charge in [-0.05, 0) is 69.2 Å². The minimum Gasteiger partial charge on any atom is -0.497 e. The van der Waals surface area contributed by atoms with Gasteiger partial charge in [0.15, 0.2) is 6.61 Å². The fourth-order valence-corrected chi connectivity index (χ4v) is 3.49. The van der Waals surface area contributed by atoms with Crippen molar-refractivity contribution >= 4 is 5.91 Å². The fourth-order valence-electron chi connectivity index (χ4n) is 3.49. The Morgan fingerprint density at radius 1 is 1.15 bits per heavy atom. The summed E-state index contributed by atoms with van der Waals surface area (Å²) in [4.78, 5) is 12.5. The number of hydrogen-bond donors (Lipinski definition) is 1. The second-order valence-corrected chi connectivity index (χ2v) is 7.70. The van der Waals surface area contributed by atoms with Gasteiger partial charge in [0.25, 0.3) is 5.91 Å². The largest absolute Gasteiger partial charge is 0.497 e. The van der Waals surface area contributed by atoms with Gasteiger partial charge in [-0.15, -0.1) is 0 Å². The summed E-state index contributed by atoms with van der Waals surface area (Å²) < 4.78 is 17.1. The number of aryl methyl sites for hydroxylation is 2. The second kappa shape index (κ2) is 7.51. The van der Waals surface area contributed by atoms with Gasteiger partial charge in [-0.25, -0.2) is 0 Å². The molecule has 5 nitrogen and oxygen atoms in total. The summed E-state index contributed by atoms with van der Waals surface area (Å²) in [5.74, 6) is 2.05. The normalized spacial score (nSPS) is 17.4. The standard InChI is InChI=1S/C22H27NO4/c1-14-8-15(2)10-17(9-14)26-13-21(24)23-19-12-22(3,4)27-20-7-6-16(25-5)11-18(19)20/h6-11,19H,12-13H2,1-5H3,(H,23,24). The van der Waals surface area contributed by atoms with Crippen LogP contribution < -0.4 is 19.5 Å². The van der Waals surface area contributed by atoms with E-state index in [9.17, 15) is 4.79 Å². The Labute approximate surface area is 160 Å². The van der Waals surface area contributed by atoms with Crippen molar-refractivity contribution in [2.45, 2.75) is 45.8 Å². The summed E-state index contributed by atoms with van der Waals surface area (Å²) in [7, 11) is 1.63. The zero-order chi connectivity index (χ0) is 19.6.